The second-order valence-corrected chi connectivity index (χ2v) is 4.15. The van der Waals surface area contributed by atoms with Crippen LogP contribution in [0.2, 0.25) is 0 Å². The van der Waals surface area contributed by atoms with Crippen LogP contribution in [0.5, 0.6) is 0 Å². The highest BCUT2D eigenvalue weighted by atomic mass is 16.5. The lowest BCUT2D eigenvalue weighted by Gasteiger charge is -2.30. The third kappa shape index (κ3) is 2.58. The third-order valence-electron chi connectivity index (χ3n) is 3.19. The van der Waals surface area contributed by atoms with Crippen molar-refractivity contribution in [2.45, 2.75) is 18.9 Å². The molecule has 82 valence electrons. The molecule has 1 aliphatic rings. The fourth-order valence-corrected chi connectivity index (χ4v) is 2.39. The SMILES string of the molecule is COC(c1ccccc1)C1CCNCC1. The van der Waals surface area contributed by atoms with Gasteiger partial charge in [-0.05, 0) is 37.4 Å². The molecule has 0 radical (unpaired) electrons. The van der Waals surface area contributed by atoms with E-state index in [0.29, 0.717) is 5.92 Å². The predicted octanol–water partition coefficient (Wildman–Crippen LogP) is 2.37. The van der Waals surface area contributed by atoms with Crippen LogP contribution in [0.1, 0.15) is 24.5 Å². The van der Waals surface area contributed by atoms with Crippen LogP contribution in [0.25, 0.3) is 0 Å². The summed E-state index contributed by atoms with van der Waals surface area (Å²) in [5.74, 6) is 0.665. The Bertz CT molecular complexity index is 280. The minimum absolute atomic E-state index is 0.272. The number of hydrogen-bond acceptors (Lipinski definition) is 2. The van der Waals surface area contributed by atoms with Crippen molar-refractivity contribution in [1.29, 1.82) is 0 Å². The van der Waals surface area contributed by atoms with E-state index in [0.717, 1.165) is 13.1 Å². The van der Waals surface area contributed by atoms with E-state index >= 15 is 0 Å². The monoisotopic (exact) mass is 205 g/mol. The molecule has 0 amide bonds. The largest absolute Gasteiger partial charge is 0.376 e. The van der Waals surface area contributed by atoms with Crippen molar-refractivity contribution < 1.29 is 4.74 Å². The first kappa shape index (κ1) is 10.7. The van der Waals surface area contributed by atoms with Crippen molar-refractivity contribution in [3.8, 4) is 0 Å². The minimum Gasteiger partial charge on any atom is -0.376 e. The number of hydrogen-bond donors (Lipinski definition) is 1. The highest BCUT2D eigenvalue weighted by Gasteiger charge is 2.24. The van der Waals surface area contributed by atoms with E-state index in [9.17, 15) is 0 Å². The lowest BCUT2D eigenvalue weighted by molar-refractivity contribution is 0.0383. The molecule has 1 aromatic rings. The van der Waals surface area contributed by atoms with E-state index in [2.05, 4.69) is 35.6 Å². The Kier molecular flexibility index (Phi) is 3.75. The van der Waals surface area contributed by atoms with Gasteiger partial charge in [-0.3, -0.25) is 0 Å². The molecule has 2 rings (SSSR count). The molecule has 0 spiro atoms. The molecule has 0 bridgehead atoms. The molecule has 1 N–H and O–H groups in total. The molecule has 15 heavy (non-hydrogen) atoms. The second-order valence-electron chi connectivity index (χ2n) is 4.15. The number of methoxy groups -OCH3 is 1. The van der Waals surface area contributed by atoms with Crippen LogP contribution in [0.4, 0.5) is 0 Å². The van der Waals surface area contributed by atoms with Gasteiger partial charge in [0.15, 0.2) is 0 Å². The van der Waals surface area contributed by atoms with Crippen molar-refractivity contribution in [2.24, 2.45) is 5.92 Å². The maximum Gasteiger partial charge on any atom is 0.0850 e. The predicted molar refractivity (Wildman–Crippen MR) is 61.8 cm³/mol. The molecule has 1 aromatic carbocycles. The summed E-state index contributed by atoms with van der Waals surface area (Å²) in [5.41, 5.74) is 1.31. The average Bonchev–Trinajstić information content (AvgIpc) is 2.33. The quantitative estimate of drug-likeness (QED) is 0.818. The van der Waals surface area contributed by atoms with Crippen molar-refractivity contribution >= 4 is 0 Å². The number of benzene rings is 1. The van der Waals surface area contributed by atoms with Crippen LogP contribution >= 0.6 is 0 Å². The Balaban J connectivity index is 2.09. The minimum atomic E-state index is 0.272. The smallest absolute Gasteiger partial charge is 0.0850 e. The highest BCUT2D eigenvalue weighted by molar-refractivity contribution is 5.18. The van der Waals surface area contributed by atoms with Gasteiger partial charge in [-0.1, -0.05) is 30.3 Å². The molecule has 2 heteroatoms. The molecule has 0 aliphatic carbocycles. The van der Waals surface area contributed by atoms with Crippen molar-refractivity contribution in [2.75, 3.05) is 20.2 Å². The van der Waals surface area contributed by atoms with Gasteiger partial charge in [0.05, 0.1) is 6.10 Å². The molecular weight excluding hydrogens is 186 g/mol. The van der Waals surface area contributed by atoms with E-state index in [1.165, 1.54) is 18.4 Å². The molecule has 1 fully saturated rings. The Morgan fingerprint density at radius 3 is 2.47 bits per heavy atom. The van der Waals surface area contributed by atoms with Gasteiger partial charge in [-0.15, -0.1) is 0 Å². The van der Waals surface area contributed by atoms with Crippen LogP contribution in [-0.4, -0.2) is 20.2 Å². The maximum atomic E-state index is 5.65. The van der Waals surface area contributed by atoms with E-state index < -0.39 is 0 Å². The summed E-state index contributed by atoms with van der Waals surface area (Å²) >= 11 is 0. The summed E-state index contributed by atoms with van der Waals surface area (Å²) in [6.07, 6.45) is 2.70. The topological polar surface area (TPSA) is 21.3 Å². The number of piperidine rings is 1. The summed E-state index contributed by atoms with van der Waals surface area (Å²) in [7, 11) is 1.82. The number of ether oxygens (including phenoxy) is 1. The van der Waals surface area contributed by atoms with E-state index in [-0.39, 0.29) is 6.10 Å². The van der Waals surface area contributed by atoms with Gasteiger partial charge < -0.3 is 10.1 Å². The Morgan fingerprint density at radius 2 is 1.87 bits per heavy atom. The molecule has 0 aromatic heterocycles. The molecule has 0 saturated carbocycles. The normalized spacial score (nSPS) is 20.1. The van der Waals surface area contributed by atoms with Gasteiger partial charge in [0, 0.05) is 7.11 Å². The van der Waals surface area contributed by atoms with Gasteiger partial charge >= 0.3 is 0 Å². The zero-order valence-electron chi connectivity index (χ0n) is 9.28. The zero-order chi connectivity index (χ0) is 10.5. The van der Waals surface area contributed by atoms with Crippen molar-refractivity contribution in [3.05, 3.63) is 35.9 Å². The first-order chi connectivity index (χ1) is 7.42. The summed E-state index contributed by atoms with van der Waals surface area (Å²) in [6.45, 7) is 2.24. The van der Waals surface area contributed by atoms with Gasteiger partial charge in [0.25, 0.3) is 0 Å². The molecular formula is C13H19NO. The zero-order valence-corrected chi connectivity index (χ0v) is 9.28. The van der Waals surface area contributed by atoms with E-state index in [4.69, 9.17) is 4.74 Å². The number of nitrogens with one attached hydrogen (secondary N) is 1. The lowest BCUT2D eigenvalue weighted by atomic mass is 9.88. The summed E-state index contributed by atoms with van der Waals surface area (Å²) in [4.78, 5) is 0. The highest BCUT2D eigenvalue weighted by Crippen LogP contribution is 2.31. The summed E-state index contributed by atoms with van der Waals surface area (Å²) < 4.78 is 5.65. The first-order valence-electron chi connectivity index (χ1n) is 5.70. The fourth-order valence-electron chi connectivity index (χ4n) is 2.39. The maximum absolute atomic E-state index is 5.65. The van der Waals surface area contributed by atoms with Crippen LogP contribution in [-0.2, 0) is 4.74 Å². The van der Waals surface area contributed by atoms with E-state index in [1.807, 2.05) is 7.11 Å². The Hall–Kier alpha value is -0.860. The standard InChI is InChI=1S/C13H19NO/c1-15-13(11-5-3-2-4-6-11)12-7-9-14-10-8-12/h2-6,12-14H,7-10H2,1H3. The van der Waals surface area contributed by atoms with Crippen LogP contribution in [0.15, 0.2) is 30.3 Å². The van der Waals surface area contributed by atoms with Gasteiger partial charge in [-0.25, -0.2) is 0 Å². The van der Waals surface area contributed by atoms with Crippen LogP contribution in [0.3, 0.4) is 0 Å². The van der Waals surface area contributed by atoms with Crippen LogP contribution < -0.4 is 5.32 Å². The second kappa shape index (κ2) is 5.29. The molecule has 1 saturated heterocycles. The van der Waals surface area contributed by atoms with Gasteiger partial charge in [0.1, 0.15) is 0 Å². The van der Waals surface area contributed by atoms with Crippen molar-refractivity contribution in [3.63, 3.8) is 0 Å². The third-order valence-corrected chi connectivity index (χ3v) is 3.19. The Morgan fingerprint density at radius 1 is 1.20 bits per heavy atom. The summed E-state index contributed by atoms with van der Waals surface area (Å²) in [5, 5.41) is 3.39. The molecule has 1 aliphatic heterocycles. The Labute approximate surface area is 91.6 Å². The van der Waals surface area contributed by atoms with Gasteiger partial charge in [0.2, 0.25) is 0 Å². The average molecular weight is 205 g/mol. The molecule has 1 heterocycles. The summed E-state index contributed by atoms with van der Waals surface area (Å²) in [6, 6.07) is 10.6. The van der Waals surface area contributed by atoms with Gasteiger partial charge in [-0.2, -0.15) is 0 Å². The van der Waals surface area contributed by atoms with Crippen molar-refractivity contribution in [1.82, 2.24) is 5.32 Å². The molecule has 1 unspecified atom stereocenters. The molecule has 2 nitrogen and oxygen atoms in total. The molecule has 1 atom stereocenters. The number of rotatable bonds is 3. The first-order valence-corrected chi connectivity index (χ1v) is 5.70. The van der Waals surface area contributed by atoms with Crippen LogP contribution in [0, 0.1) is 5.92 Å². The lowest BCUT2D eigenvalue weighted by Crippen LogP contribution is -2.31. The van der Waals surface area contributed by atoms with E-state index in [1.54, 1.807) is 0 Å². The fraction of sp³-hybridized carbons (Fsp3) is 0.538.